The lowest BCUT2D eigenvalue weighted by molar-refractivity contribution is -0.168. The Bertz CT molecular complexity index is 641. The van der Waals surface area contributed by atoms with Crippen molar-refractivity contribution in [3.63, 3.8) is 0 Å². The Labute approximate surface area is 161 Å². The molecule has 146 valence electrons. The molecule has 5 rings (SSSR count). The van der Waals surface area contributed by atoms with Crippen LogP contribution >= 0.6 is 0 Å². The molecule has 1 aliphatic heterocycles. The van der Waals surface area contributed by atoms with Crippen LogP contribution in [0.4, 0.5) is 0 Å². The van der Waals surface area contributed by atoms with Gasteiger partial charge in [0.15, 0.2) is 0 Å². The van der Waals surface area contributed by atoms with Crippen LogP contribution in [-0.2, 0) is 0 Å². The lowest BCUT2D eigenvalue weighted by Crippen LogP contribution is -2.61. The van der Waals surface area contributed by atoms with Gasteiger partial charge >= 0.3 is 0 Å². The van der Waals surface area contributed by atoms with E-state index in [0.29, 0.717) is 21.7 Å². The molecule has 0 radical (unpaired) electrons. The topological polar surface area (TPSA) is 15.0 Å². The molecule has 0 amide bonds. The summed E-state index contributed by atoms with van der Waals surface area (Å²) in [6.07, 6.45) is 11.7. The van der Waals surface area contributed by atoms with E-state index in [1.54, 1.807) is 5.57 Å². The molecule has 5 atom stereocenters. The van der Waals surface area contributed by atoms with Crippen LogP contribution in [0.5, 0.6) is 0 Å². The molecule has 1 heterocycles. The van der Waals surface area contributed by atoms with Gasteiger partial charge in [-0.05, 0) is 74.7 Å². The van der Waals surface area contributed by atoms with Crippen molar-refractivity contribution in [3.8, 4) is 0 Å². The minimum Gasteiger partial charge on any atom is -0.318 e. The van der Waals surface area contributed by atoms with Crippen LogP contribution < -0.4 is 5.32 Å². The van der Waals surface area contributed by atoms with Gasteiger partial charge in [0.25, 0.3) is 0 Å². The first kappa shape index (κ1) is 17.7. The van der Waals surface area contributed by atoms with Crippen molar-refractivity contribution in [1.82, 2.24) is 10.2 Å². The normalized spacial score (nSPS) is 47.7. The molecule has 4 fully saturated rings. The fourth-order valence-electron chi connectivity index (χ4n) is 9.33. The first-order valence-electron chi connectivity index (χ1n) is 11.4. The van der Waals surface area contributed by atoms with Gasteiger partial charge < -0.3 is 5.32 Å². The van der Waals surface area contributed by atoms with E-state index in [4.69, 9.17) is 0 Å². The summed E-state index contributed by atoms with van der Waals surface area (Å²) in [5.41, 5.74) is 5.81. The van der Waals surface area contributed by atoms with Gasteiger partial charge in [-0.15, -0.1) is 0 Å². The molecule has 2 bridgehead atoms. The zero-order valence-corrected chi connectivity index (χ0v) is 17.9. The molecular formula is C24H40N2. The van der Waals surface area contributed by atoms with Gasteiger partial charge in [0.1, 0.15) is 0 Å². The van der Waals surface area contributed by atoms with Crippen LogP contribution in [0, 0.1) is 27.6 Å². The van der Waals surface area contributed by atoms with E-state index in [2.05, 4.69) is 45.0 Å². The minimum absolute atomic E-state index is 0.446. The Morgan fingerprint density at radius 2 is 1.88 bits per heavy atom. The van der Waals surface area contributed by atoms with E-state index in [1.165, 1.54) is 71.0 Å². The van der Waals surface area contributed by atoms with Crippen LogP contribution in [0.15, 0.2) is 11.1 Å². The lowest BCUT2D eigenvalue weighted by Gasteiger charge is -2.65. The second-order valence-electron chi connectivity index (χ2n) is 11.3. The molecule has 1 N–H and O–H groups in total. The van der Waals surface area contributed by atoms with Crippen molar-refractivity contribution < 1.29 is 0 Å². The van der Waals surface area contributed by atoms with E-state index < -0.39 is 0 Å². The van der Waals surface area contributed by atoms with Gasteiger partial charge in [0, 0.05) is 31.1 Å². The van der Waals surface area contributed by atoms with Crippen LogP contribution in [0.25, 0.3) is 0 Å². The van der Waals surface area contributed by atoms with E-state index in [1.807, 2.05) is 5.57 Å². The Kier molecular flexibility index (Phi) is 3.67. The molecule has 2 heteroatoms. The molecule has 1 saturated heterocycles. The quantitative estimate of drug-likeness (QED) is 0.563. The summed E-state index contributed by atoms with van der Waals surface area (Å²) in [6, 6.07) is 0.800. The third-order valence-corrected chi connectivity index (χ3v) is 10.6. The lowest BCUT2D eigenvalue weighted by atomic mass is 9.39. The molecule has 1 unspecified atom stereocenters. The third-order valence-electron chi connectivity index (χ3n) is 10.6. The van der Waals surface area contributed by atoms with Crippen LogP contribution in [0.2, 0.25) is 0 Å². The minimum atomic E-state index is 0.446. The molecule has 3 saturated carbocycles. The summed E-state index contributed by atoms with van der Waals surface area (Å²) in [7, 11) is 2.11. The van der Waals surface area contributed by atoms with Crippen LogP contribution in [0.1, 0.15) is 79.1 Å². The molecule has 2 nitrogen and oxygen atoms in total. The maximum atomic E-state index is 3.42. The summed E-state index contributed by atoms with van der Waals surface area (Å²) in [5, 5.41) is 3.42. The standard InChI is InChI=1S/C24H40N2/c1-17-8-11-24-18(2)12-22(9-6-7-10-22)23(13-20(17)24,21(24,3)4)16-26-15-19(26)14-25-5/h18-19,25H,6-16H2,1-5H3/t18-,19+,23-,24-,26?/m1/s1. The zero-order chi connectivity index (χ0) is 18.4. The van der Waals surface area contributed by atoms with Gasteiger partial charge in [-0.25, -0.2) is 0 Å². The van der Waals surface area contributed by atoms with E-state index in [9.17, 15) is 0 Å². The summed E-state index contributed by atoms with van der Waals surface area (Å²) in [5.74, 6) is 0.876. The first-order valence-corrected chi connectivity index (χ1v) is 11.4. The number of nitrogens with one attached hydrogen (secondary N) is 1. The van der Waals surface area contributed by atoms with Gasteiger partial charge in [0.05, 0.1) is 0 Å². The Morgan fingerprint density at radius 3 is 2.58 bits per heavy atom. The highest BCUT2D eigenvalue weighted by Gasteiger charge is 2.77. The highest BCUT2D eigenvalue weighted by atomic mass is 15.3. The fraction of sp³-hybridized carbons (Fsp3) is 0.917. The highest BCUT2D eigenvalue weighted by Crippen LogP contribution is 2.83. The van der Waals surface area contributed by atoms with Gasteiger partial charge in [-0.1, -0.05) is 44.8 Å². The molecule has 2 spiro atoms. The highest BCUT2D eigenvalue weighted by molar-refractivity contribution is 5.43. The molecule has 26 heavy (non-hydrogen) atoms. The van der Waals surface area contributed by atoms with E-state index in [0.717, 1.165) is 12.0 Å². The predicted molar refractivity (Wildman–Crippen MR) is 109 cm³/mol. The van der Waals surface area contributed by atoms with E-state index >= 15 is 0 Å². The maximum absolute atomic E-state index is 3.42. The van der Waals surface area contributed by atoms with E-state index in [-0.39, 0.29) is 0 Å². The predicted octanol–water partition coefficient (Wildman–Crippen LogP) is 5.00. The number of hydrogen-bond donors (Lipinski definition) is 1. The SMILES string of the molecule is CNC[C@H]1CN1C[C@@]12CC3=C(C)CC[C@]3([C@H](C)CC13CCCC3)C2(C)C. The largest absolute Gasteiger partial charge is 0.318 e. The third kappa shape index (κ3) is 1.82. The van der Waals surface area contributed by atoms with Crippen molar-refractivity contribution in [2.45, 2.75) is 85.1 Å². The number of nitrogens with zero attached hydrogens (tertiary/aromatic N) is 1. The number of fused-ring (bicyclic) bond motifs is 2. The molecule has 0 aromatic heterocycles. The molecule has 4 aliphatic carbocycles. The van der Waals surface area contributed by atoms with Gasteiger partial charge in [-0.3, -0.25) is 4.90 Å². The van der Waals surface area contributed by atoms with Crippen molar-refractivity contribution in [2.24, 2.45) is 27.6 Å². The number of allylic oxidation sites excluding steroid dienone is 2. The Morgan fingerprint density at radius 1 is 1.15 bits per heavy atom. The average molecular weight is 357 g/mol. The van der Waals surface area contributed by atoms with Crippen LogP contribution in [-0.4, -0.2) is 37.6 Å². The molecule has 0 aromatic carbocycles. The fourth-order valence-corrected chi connectivity index (χ4v) is 9.33. The van der Waals surface area contributed by atoms with Crippen molar-refractivity contribution in [3.05, 3.63) is 11.1 Å². The summed E-state index contributed by atoms with van der Waals surface area (Å²) in [4.78, 5) is 2.83. The molecule has 0 aromatic rings. The zero-order valence-electron chi connectivity index (χ0n) is 17.9. The second-order valence-corrected chi connectivity index (χ2v) is 11.3. The van der Waals surface area contributed by atoms with Crippen LogP contribution in [0.3, 0.4) is 0 Å². The number of rotatable bonds is 4. The van der Waals surface area contributed by atoms with Gasteiger partial charge in [-0.2, -0.15) is 0 Å². The summed E-state index contributed by atoms with van der Waals surface area (Å²) >= 11 is 0. The number of likely N-dealkylation sites (N-methyl/N-ethyl adjacent to an activating group) is 1. The average Bonchev–Trinajstić information content (AvgIpc) is 2.92. The van der Waals surface area contributed by atoms with Gasteiger partial charge in [0.2, 0.25) is 0 Å². The number of hydrogen-bond acceptors (Lipinski definition) is 2. The monoisotopic (exact) mass is 356 g/mol. The molecule has 5 aliphatic rings. The van der Waals surface area contributed by atoms with Crippen molar-refractivity contribution in [1.29, 1.82) is 0 Å². The first-order chi connectivity index (χ1) is 12.3. The second kappa shape index (κ2) is 5.38. The smallest absolute Gasteiger partial charge is 0.0348 e. The Hall–Kier alpha value is -0.340. The maximum Gasteiger partial charge on any atom is 0.0348 e. The Balaban J connectivity index is 1.62. The summed E-state index contributed by atoms with van der Waals surface area (Å²) in [6.45, 7) is 14.4. The summed E-state index contributed by atoms with van der Waals surface area (Å²) < 4.78 is 0. The van der Waals surface area contributed by atoms with Crippen molar-refractivity contribution in [2.75, 3.05) is 26.7 Å². The molecular weight excluding hydrogens is 316 g/mol. The van der Waals surface area contributed by atoms with Crippen molar-refractivity contribution >= 4 is 0 Å².